The van der Waals surface area contributed by atoms with Crippen molar-refractivity contribution in [3.8, 4) is 11.5 Å². The summed E-state index contributed by atoms with van der Waals surface area (Å²) >= 11 is 1.39. The molecule has 2 aromatic rings. The summed E-state index contributed by atoms with van der Waals surface area (Å²) in [5.41, 5.74) is 3.18. The lowest BCUT2D eigenvalue weighted by Crippen LogP contribution is -2.38. The van der Waals surface area contributed by atoms with Gasteiger partial charge in [-0.15, -0.1) is 0 Å². The number of amidine groups is 1. The van der Waals surface area contributed by atoms with Crippen molar-refractivity contribution in [3.05, 3.63) is 81.8 Å². The van der Waals surface area contributed by atoms with Gasteiger partial charge < -0.3 is 24.4 Å². The first-order valence-corrected chi connectivity index (χ1v) is 12.6. The van der Waals surface area contributed by atoms with Crippen LogP contribution < -0.4 is 14.8 Å². The van der Waals surface area contributed by atoms with Crippen LogP contribution in [0, 0.1) is 5.82 Å². The van der Waals surface area contributed by atoms with Gasteiger partial charge in [-0.25, -0.2) is 14.2 Å². The van der Waals surface area contributed by atoms with E-state index in [-0.39, 0.29) is 24.7 Å². The second kappa shape index (κ2) is 11.5. The fourth-order valence-electron chi connectivity index (χ4n) is 4.28. The number of ether oxygens (including phenoxy) is 3. The van der Waals surface area contributed by atoms with E-state index in [0.29, 0.717) is 45.6 Å². The van der Waals surface area contributed by atoms with E-state index in [2.05, 4.69) is 5.32 Å². The van der Waals surface area contributed by atoms with Gasteiger partial charge in [0.15, 0.2) is 5.17 Å². The smallest absolute Gasteiger partial charge is 0.338 e. The third kappa shape index (κ3) is 5.48. The van der Waals surface area contributed by atoms with Crippen molar-refractivity contribution in [2.75, 3.05) is 21.3 Å². The number of thioether (sulfide) groups is 1. The van der Waals surface area contributed by atoms with Crippen molar-refractivity contribution < 1.29 is 28.2 Å². The molecule has 2 heterocycles. The zero-order valence-corrected chi connectivity index (χ0v) is 21.9. The Morgan fingerprint density at radius 1 is 1.11 bits per heavy atom. The number of halogens is 1. The van der Waals surface area contributed by atoms with Gasteiger partial charge in [0.2, 0.25) is 5.91 Å². The molecule has 0 unspecified atom stereocenters. The van der Waals surface area contributed by atoms with Crippen molar-refractivity contribution in [2.24, 2.45) is 4.99 Å². The van der Waals surface area contributed by atoms with Crippen LogP contribution >= 0.6 is 11.8 Å². The minimum Gasteiger partial charge on any atom is -0.497 e. The highest BCUT2D eigenvalue weighted by Crippen LogP contribution is 2.48. The molecule has 0 spiro atoms. The number of aliphatic imine (C=N–C) groups is 1. The number of benzene rings is 2. The van der Waals surface area contributed by atoms with Crippen LogP contribution in [0.4, 0.5) is 4.39 Å². The monoisotopic (exact) mass is 525 g/mol. The SMILES string of the molecule is CCC1=C(C(=O)OC)[C@@H](c2ccc(OC)cc2OC)N2C(CC(=O)NCc3ccc(F)cc3)=CSC2=N1. The number of hydrogen-bond donors (Lipinski definition) is 1. The third-order valence-corrected chi connectivity index (χ3v) is 7.00. The summed E-state index contributed by atoms with van der Waals surface area (Å²) in [6.45, 7) is 2.20. The fraction of sp³-hybridized carbons (Fsp3) is 0.296. The average Bonchev–Trinajstić information content (AvgIpc) is 3.32. The van der Waals surface area contributed by atoms with Crippen LogP contribution in [-0.2, 0) is 20.9 Å². The molecular formula is C27H28FN3O5S. The predicted molar refractivity (Wildman–Crippen MR) is 139 cm³/mol. The molecule has 4 rings (SSSR count). The van der Waals surface area contributed by atoms with Gasteiger partial charge in [-0.05, 0) is 41.7 Å². The Hall–Kier alpha value is -3.79. The summed E-state index contributed by atoms with van der Waals surface area (Å²) in [6, 6.07) is 10.7. The Kier molecular flexibility index (Phi) is 8.17. The van der Waals surface area contributed by atoms with Gasteiger partial charge in [0, 0.05) is 23.9 Å². The van der Waals surface area contributed by atoms with E-state index in [1.807, 2.05) is 23.3 Å². The number of fused-ring (bicyclic) bond motifs is 1. The van der Waals surface area contributed by atoms with E-state index in [4.69, 9.17) is 19.2 Å². The molecule has 0 saturated carbocycles. The highest BCUT2D eigenvalue weighted by atomic mass is 32.2. The maximum atomic E-state index is 13.2. The van der Waals surface area contributed by atoms with E-state index in [1.165, 1.54) is 31.0 Å². The van der Waals surface area contributed by atoms with Crippen LogP contribution in [0.3, 0.4) is 0 Å². The first kappa shape index (κ1) is 26.3. The van der Waals surface area contributed by atoms with Crippen LogP contribution in [0.2, 0.25) is 0 Å². The number of rotatable bonds is 9. The summed E-state index contributed by atoms with van der Waals surface area (Å²) in [5, 5.41) is 5.40. The molecule has 194 valence electrons. The lowest BCUT2D eigenvalue weighted by Gasteiger charge is -2.37. The largest absolute Gasteiger partial charge is 0.497 e. The Morgan fingerprint density at radius 2 is 1.86 bits per heavy atom. The lowest BCUT2D eigenvalue weighted by atomic mass is 9.92. The predicted octanol–water partition coefficient (Wildman–Crippen LogP) is 4.69. The van der Waals surface area contributed by atoms with E-state index < -0.39 is 12.0 Å². The number of carbonyl (C=O) groups excluding carboxylic acids is 2. The lowest BCUT2D eigenvalue weighted by molar-refractivity contribution is -0.136. The molecule has 1 amide bonds. The third-order valence-electron chi connectivity index (χ3n) is 6.11. The molecule has 1 N–H and O–H groups in total. The summed E-state index contributed by atoms with van der Waals surface area (Å²) < 4.78 is 29.4. The minimum atomic E-state index is -0.623. The number of nitrogens with zero attached hydrogens (tertiary/aromatic N) is 2. The fourth-order valence-corrected chi connectivity index (χ4v) is 5.22. The average molecular weight is 526 g/mol. The summed E-state index contributed by atoms with van der Waals surface area (Å²) in [5.74, 6) is 0.0825. The molecule has 2 aromatic carbocycles. The molecule has 0 aliphatic carbocycles. The standard InChI is InChI=1S/C27H28FN3O5S/c1-5-21-24(26(33)36-4)25(20-11-10-19(34-2)13-22(20)35-3)31-18(15-37-27(31)30-21)12-23(32)29-14-16-6-8-17(28)9-7-16/h6-11,13,15,25H,5,12,14H2,1-4H3,(H,29,32)/t25-/m1/s1. The minimum absolute atomic E-state index is 0.0537. The van der Waals surface area contributed by atoms with Gasteiger partial charge in [0.05, 0.1) is 45.1 Å². The molecule has 2 aliphatic heterocycles. The maximum Gasteiger partial charge on any atom is 0.338 e. The normalized spacial score (nSPS) is 16.6. The number of esters is 1. The zero-order chi connectivity index (χ0) is 26.5. The molecule has 10 heteroatoms. The van der Waals surface area contributed by atoms with Crippen molar-refractivity contribution in [2.45, 2.75) is 32.4 Å². The molecular weight excluding hydrogens is 497 g/mol. The second-order valence-corrected chi connectivity index (χ2v) is 9.12. The molecule has 8 nitrogen and oxygen atoms in total. The van der Waals surface area contributed by atoms with Crippen LogP contribution in [0.25, 0.3) is 0 Å². The molecule has 0 aromatic heterocycles. The van der Waals surface area contributed by atoms with E-state index >= 15 is 0 Å². The van der Waals surface area contributed by atoms with Crippen molar-refractivity contribution in [1.82, 2.24) is 10.2 Å². The number of amides is 1. The number of allylic oxidation sites excluding steroid dienone is 1. The summed E-state index contributed by atoms with van der Waals surface area (Å²) in [7, 11) is 4.45. The van der Waals surface area contributed by atoms with Gasteiger partial charge >= 0.3 is 5.97 Å². The van der Waals surface area contributed by atoms with Gasteiger partial charge in [-0.3, -0.25) is 4.79 Å². The quantitative estimate of drug-likeness (QED) is 0.475. The Balaban J connectivity index is 1.67. The molecule has 0 bridgehead atoms. The van der Waals surface area contributed by atoms with E-state index in [0.717, 1.165) is 5.56 Å². The topological polar surface area (TPSA) is 89.5 Å². The molecule has 0 fully saturated rings. The molecule has 37 heavy (non-hydrogen) atoms. The van der Waals surface area contributed by atoms with Gasteiger partial charge in [0.25, 0.3) is 0 Å². The molecule has 2 aliphatic rings. The molecule has 1 atom stereocenters. The molecule has 0 radical (unpaired) electrons. The number of carbonyl (C=O) groups is 2. The van der Waals surface area contributed by atoms with Gasteiger partial charge in [0.1, 0.15) is 17.3 Å². The first-order chi connectivity index (χ1) is 17.9. The first-order valence-electron chi connectivity index (χ1n) is 11.7. The Bertz CT molecular complexity index is 1290. The zero-order valence-electron chi connectivity index (χ0n) is 21.0. The highest BCUT2D eigenvalue weighted by Gasteiger charge is 2.42. The van der Waals surface area contributed by atoms with Gasteiger partial charge in [-0.1, -0.05) is 30.8 Å². The Labute approximate surface area is 219 Å². The van der Waals surface area contributed by atoms with Gasteiger partial charge in [-0.2, -0.15) is 0 Å². The van der Waals surface area contributed by atoms with Crippen molar-refractivity contribution in [3.63, 3.8) is 0 Å². The Morgan fingerprint density at radius 3 is 2.51 bits per heavy atom. The second-order valence-electron chi connectivity index (χ2n) is 8.29. The van der Waals surface area contributed by atoms with E-state index in [1.54, 1.807) is 38.5 Å². The van der Waals surface area contributed by atoms with Crippen molar-refractivity contribution in [1.29, 1.82) is 0 Å². The van der Waals surface area contributed by atoms with E-state index in [9.17, 15) is 14.0 Å². The molecule has 0 saturated heterocycles. The number of hydrogen-bond acceptors (Lipinski definition) is 8. The van der Waals surface area contributed by atoms with Crippen LogP contribution in [-0.4, -0.2) is 43.3 Å². The van der Waals surface area contributed by atoms with Crippen LogP contribution in [0.15, 0.2) is 69.8 Å². The maximum absolute atomic E-state index is 13.2. The summed E-state index contributed by atoms with van der Waals surface area (Å²) in [6.07, 6.45) is 0.572. The van der Waals surface area contributed by atoms with Crippen molar-refractivity contribution >= 4 is 28.8 Å². The van der Waals surface area contributed by atoms with Crippen LogP contribution in [0.5, 0.6) is 11.5 Å². The number of nitrogens with one attached hydrogen (secondary N) is 1. The highest BCUT2D eigenvalue weighted by molar-refractivity contribution is 8.16. The van der Waals surface area contributed by atoms with Crippen LogP contribution in [0.1, 0.15) is 36.9 Å². The summed E-state index contributed by atoms with van der Waals surface area (Å²) in [4.78, 5) is 32.6. The number of methoxy groups -OCH3 is 3.